The highest BCUT2D eigenvalue weighted by atomic mass is 15.2. The lowest BCUT2D eigenvalue weighted by Gasteiger charge is -2.26. The van der Waals surface area contributed by atoms with Crippen LogP contribution in [0.25, 0.3) is 10.9 Å². The lowest BCUT2D eigenvalue weighted by atomic mass is 10.1. The number of pyridine rings is 1. The normalized spacial score (nSPS) is 14.6. The molecule has 0 unspecified atom stereocenters. The van der Waals surface area contributed by atoms with Crippen molar-refractivity contribution in [3.8, 4) is 0 Å². The zero-order valence-electron chi connectivity index (χ0n) is 12.6. The molecule has 0 saturated heterocycles. The summed E-state index contributed by atoms with van der Waals surface area (Å²) in [5, 5.41) is 8.80. The fraction of sp³-hybridized carbons (Fsp3) is 0.412. The van der Waals surface area contributed by atoms with Gasteiger partial charge >= 0.3 is 0 Å². The van der Waals surface area contributed by atoms with Gasteiger partial charge in [-0.25, -0.2) is 4.98 Å². The number of rotatable bonds is 5. The van der Waals surface area contributed by atoms with Crippen molar-refractivity contribution in [3.05, 3.63) is 35.9 Å². The van der Waals surface area contributed by atoms with Crippen LogP contribution in [0.1, 0.15) is 32.3 Å². The quantitative estimate of drug-likeness (QED) is 0.654. The Kier molecular flexibility index (Phi) is 3.53. The van der Waals surface area contributed by atoms with Crippen LogP contribution in [0.2, 0.25) is 0 Å². The molecule has 1 aliphatic rings. The van der Waals surface area contributed by atoms with E-state index < -0.39 is 0 Å². The summed E-state index contributed by atoms with van der Waals surface area (Å²) < 4.78 is 0. The molecule has 0 aliphatic heterocycles. The first kappa shape index (κ1) is 13.9. The van der Waals surface area contributed by atoms with E-state index in [1.807, 2.05) is 30.3 Å². The molecule has 1 fully saturated rings. The summed E-state index contributed by atoms with van der Waals surface area (Å²) in [6, 6.07) is 10.5. The summed E-state index contributed by atoms with van der Waals surface area (Å²) >= 11 is 0. The van der Waals surface area contributed by atoms with E-state index >= 15 is 0 Å². The van der Waals surface area contributed by atoms with Gasteiger partial charge in [-0.15, -0.1) is 0 Å². The molecular weight excluding hydrogens is 260 g/mol. The van der Waals surface area contributed by atoms with Gasteiger partial charge in [0.25, 0.3) is 0 Å². The molecule has 4 nitrogen and oxygen atoms in total. The first-order chi connectivity index (χ1) is 10.1. The first-order valence-corrected chi connectivity index (χ1v) is 7.57. The van der Waals surface area contributed by atoms with Gasteiger partial charge in [0.15, 0.2) is 0 Å². The first-order valence-electron chi connectivity index (χ1n) is 7.57. The maximum Gasteiger partial charge on any atom is 0.130 e. The minimum absolute atomic E-state index is 0.107. The van der Waals surface area contributed by atoms with Gasteiger partial charge in [-0.3, -0.25) is 5.41 Å². The summed E-state index contributed by atoms with van der Waals surface area (Å²) in [5.41, 5.74) is 7.47. The minimum atomic E-state index is 0.107. The Labute approximate surface area is 125 Å². The topological polar surface area (TPSA) is 66.0 Å². The molecule has 21 heavy (non-hydrogen) atoms. The summed E-state index contributed by atoms with van der Waals surface area (Å²) in [7, 11) is 0. The maximum atomic E-state index is 7.85. The SMILES string of the molecule is CC(C)CN(c1cc(C(=N)N)c2ccccc2n1)C1CC1. The average Bonchev–Trinajstić information content (AvgIpc) is 3.27. The second kappa shape index (κ2) is 5.35. The molecule has 1 aromatic heterocycles. The Hall–Kier alpha value is -2.10. The lowest BCUT2D eigenvalue weighted by molar-refractivity contribution is 0.603. The number of amidine groups is 1. The predicted molar refractivity (Wildman–Crippen MR) is 88.0 cm³/mol. The average molecular weight is 282 g/mol. The summed E-state index contributed by atoms with van der Waals surface area (Å²) in [5.74, 6) is 1.64. The van der Waals surface area contributed by atoms with Gasteiger partial charge in [0, 0.05) is 23.5 Å². The van der Waals surface area contributed by atoms with Crippen LogP contribution in [0.3, 0.4) is 0 Å². The van der Waals surface area contributed by atoms with Gasteiger partial charge < -0.3 is 10.6 Å². The molecule has 4 heteroatoms. The Morgan fingerprint density at radius 2 is 2.10 bits per heavy atom. The van der Waals surface area contributed by atoms with Crippen LogP contribution in [0.4, 0.5) is 5.82 Å². The van der Waals surface area contributed by atoms with Crippen molar-refractivity contribution in [1.29, 1.82) is 5.41 Å². The van der Waals surface area contributed by atoms with Crippen molar-refractivity contribution in [1.82, 2.24) is 4.98 Å². The molecule has 0 amide bonds. The zero-order valence-corrected chi connectivity index (χ0v) is 12.6. The smallest absolute Gasteiger partial charge is 0.130 e. The Balaban J connectivity index is 2.11. The van der Waals surface area contributed by atoms with Crippen LogP contribution in [0.5, 0.6) is 0 Å². The molecule has 110 valence electrons. The lowest BCUT2D eigenvalue weighted by Crippen LogP contribution is -2.31. The van der Waals surface area contributed by atoms with Crippen LogP contribution in [-0.2, 0) is 0 Å². The van der Waals surface area contributed by atoms with E-state index in [-0.39, 0.29) is 5.84 Å². The fourth-order valence-corrected chi connectivity index (χ4v) is 2.74. The van der Waals surface area contributed by atoms with Gasteiger partial charge in [-0.05, 0) is 30.9 Å². The van der Waals surface area contributed by atoms with Crippen molar-refractivity contribution in [2.45, 2.75) is 32.7 Å². The number of nitrogens with one attached hydrogen (secondary N) is 1. The monoisotopic (exact) mass is 282 g/mol. The second-order valence-electron chi connectivity index (χ2n) is 6.24. The molecule has 0 bridgehead atoms. The highest BCUT2D eigenvalue weighted by Gasteiger charge is 2.30. The molecule has 0 radical (unpaired) electrons. The van der Waals surface area contributed by atoms with E-state index in [0.717, 1.165) is 28.8 Å². The molecule has 1 saturated carbocycles. The number of aromatic nitrogens is 1. The molecule has 0 spiro atoms. The summed E-state index contributed by atoms with van der Waals surface area (Å²) in [6.07, 6.45) is 2.47. The number of benzene rings is 1. The molecule has 2 aromatic rings. The molecule has 1 aliphatic carbocycles. The van der Waals surface area contributed by atoms with E-state index in [4.69, 9.17) is 16.1 Å². The third-order valence-electron chi connectivity index (χ3n) is 3.84. The standard InChI is InChI=1S/C17H22N4/c1-11(2)10-21(12-7-8-12)16-9-14(17(18)19)13-5-3-4-6-15(13)20-16/h3-6,9,11-12H,7-8,10H2,1-2H3,(H3,18,19). The molecule has 1 aromatic carbocycles. The van der Waals surface area contributed by atoms with Crippen molar-refractivity contribution in [2.75, 3.05) is 11.4 Å². The number of hydrogen-bond donors (Lipinski definition) is 2. The van der Waals surface area contributed by atoms with Crippen LogP contribution >= 0.6 is 0 Å². The zero-order chi connectivity index (χ0) is 15.0. The number of hydrogen-bond acceptors (Lipinski definition) is 3. The van der Waals surface area contributed by atoms with Gasteiger partial charge in [0.2, 0.25) is 0 Å². The number of fused-ring (bicyclic) bond motifs is 1. The third-order valence-corrected chi connectivity index (χ3v) is 3.84. The number of anilines is 1. The van der Waals surface area contributed by atoms with Crippen molar-refractivity contribution in [3.63, 3.8) is 0 Å². The van der Waals surface area contributed by atoms with Crippen molar-refractivity contribution < 1.29 is 0 Å². The molecule has 3 N–H and O–H groups in total. The number of para-hydroxylation sites is 1. The van der Waals surface area contributed by atoms with E-state index in [1.165, 1.54) is 12.8 Å². The van der Waals surface area contributed by atoms with Crippen molar-refractivity contribution >= 4 is 22.6 Å². The van der Waals surface area contributed by atoms with Gasteiger partial charge in [-0.2, -0.15) is 0 Å². The van der Waals surface area contributed by atoms with Crippen LogP contribution in [-0.4, -0.2) is 23.4 Å². The number of nitrogens with zero attached hydrogens (tertiary/aromatic N) is 2. The molecular formula is C17H22N4. The minimum Gasteiger partial charge on any atom is -0.384 e. The number of nitrogens with two attached hydrogens (primary N) is 1. The van der Waals surface area contributed by atoms with E-state index in [1.54, 1.807) is 0 Å². The molecule has 1 heterocycles. The Bertz CT molecular complexity index is 674. The van der Waals surface area contributed by atoms with E-state index in [9.17, 15) is 0 Å². The Morgan fingerprint density at radius 3 is 2.71 bits per heavy atom. The molecule has 0 atom stereocenters. The fourth-order valence-electron chi connectivity index (χ4n) is 2.74. The summed E-state index contributed by atoms with van der Waals surface area (Å²) in [4.78, 5) is 7.19. The maximum absolute atomic E-state index is 7.85. The van der Waals surface area contributed by atoms with E-state index in [0.29, 0.717) is 12.0 Å². The van der Waals surface area contributed by atoms with Crippen LogP contribution in [0, 0.1) is 11.3 Å². The van der Waals surface area contributed by atoms with Gasteiger partial charge in [0.05, 0.1) is 5.52 Å². The van der Waals surface area contributed by atoms with Gasteiger partial charge in [0.1, 0.15) is 11.7 Å². The number of nitrogen functional groups attached to an aromatic ring is 1. The third kappa shape index (κ3) is 2.84. The largest absolute Gasteiger partial charge is 0.384 e. The molecule has 3 rings (SSSR count). The summed E-state index contributed by atoms with van der Waals surface area (Å²) in [6.45, 7) is 5.44. The van der Waals surface area contributed by atoms with Gasteiger partial charge in [-0.1, -0.05) is 32.0 Å². The Morgan fingerprint density at radius 1 is 1.38 bits per heavy atom. The van der Waals surface area contributed by atoms with Crippen LogP contribution < -0.4 is 10.6 Å². The second-order valence-corrected chi connectivity index (χ2v) is 6.24. The highest BCUT2D eigenvalue weighted by molar-refractivity contribution is 6.07. The van der Waals surface area contributed by atoms with Crippen LogP contribution in [0.15, 0.2) is 30.3 Å². The van der Waals surface area contributed by atoms with Crippen molar-refractivity contribution in [2.24, 2.45) is 11.7 Å². The van der Waals surface area contributed by atoms with E-state index in [2.05, 4.69) is 18.7 Å². The highest BCUT2D eigenvalue weighted by Crippen LogP contribution is 2.33. The predicted octanol–water partition coefficient (Wildman–Crippen LogP) is 3.14.